The maximum Gasteiger partial charge on any atom is 0.159 e. The molecule has 1 heterocycles. The molecular formula is C62H39NO. The normalized spacial score (nSPS) is 11.8. The smallest absolute Gasteiger partial charge is 0.159 e. The van der Waals surface area contributed by atoms with Gasteiger partial charge in [0.05, 0.1) is 11.4 Å². The second-order valence-corrected chi connectivity index (χ2v) is 16.8. The zero-order chi connectivity index (χ0) is 42.1. The van der Waals surface area contributed by atoms with Crippen LogP contribution in [-0.2, 0) is 0 Å². The minimum Gasteiger partial charge on any atom is -0.454 e. The standard InChI is InChI=1S/C62H39NO/c1-2-14-44-37-46(24-23-40(44)11-1)49-28-27-47-38-45(25-26-48(47)39-49)41-29-32-50(33-30-41)63(59-22-10-21-57-61-52-17-6-4-13-43(52)31-36-60(61)64-62(57)59)58-35-34-55(54-18-7-8-19-56(54)58)53-20-9-15-42-12-3-5-16-51(42)53/h1-39H. The third-order valence-corrected chi connectivity index (χ3v) is 13.2. The number of hydrogen-bond acceptors (Lipinski definition) is 2. The van der Waals surface area contributed by atoms with E-state index in [4.69, 9.17) is 4.42 Å². The third kappa shape index (κ3) is 5.88. The van der Waals surface area contributed by atoms with Crippen molar-refractivity contribution in [3.05, 3.63) is 237 Å². The van der Waals surface area contributed by atoms with Crippen LogP contribution in [0.3, 0.4) is 0 Å². The number of furan rings is 1. The lowest BCUT2D eigenvalue weighted by molar-refractivity contribution is 0.669. The van der Waals surface area contributed by atoms with Gasteiger partial charge >= 0.3 is 0 Å². The minimum atomic E-state index is 0.859. The summed E-state index contributed by atoms with van der Waals surface area (Å²) in [4.78, 5) is 2.39. The molecule has 298 valence electrons. The average molecular weight is 814 g/mol. The van der Waals surface area contributed by atoms with E-state index < -0.39 is 0 Å². The molecule has 0 atom stereocenters. The molecule has 0 aliphatic carbocycles. The van der Waals surface area contributed by atoms with Crippen molar-refractivity contribution < 1.29 is 4.42 Å². The lowest BCUT2D eigenvalue weighted by Gasteiger charge is -2.28. The van der Waals surface area contributed by atoms with Crippen molar-refractivity contribution in [2.75, 3.05) is 4.90 Å². The highest BCUT2D eigenvalue weighted by molar-refractivity contribution is 6.21. The van der Waals surface area contributed by atoms with Crippen molar-refractivity contribution in [3.8, 4) is 33.4 Å². The third-order valence-electron chi connectivity index (χ3n) is 13.2. The zero-order valence-electron chi connectivity index (χ0n) is 34.9. The van der Waals surface area contributed by atoms with Crippen molar-refractivity contribution in [2.24, 2.45) is 0 Å². The first-order valence-electron chi connectivity index (χ1n) is 22.0. The first kappa shape index (κ1) is 36.2. The number of fused-ring (bicyclic) bond motifs is 9. The van der Waals surface area contributed by atoms with Crippen LogP contribution in [0.4, 0.5) is 17.1 Å². The van der Waals surface area contributed by atoms with Gasteiger partial charge in [-0.25, -0.2) is 0 Å². The van der Waals surface area contributed by atoms with E-state index in [1.807, 2.05) is 0 Å². The molecule has 0 fully saturated rings. The maximum absolute atomic E-state index is 6.92. The highest BCUT2D eigenvalue weighted by Crippen LogP contribution is 2.47. The number of benzene rings is 12. The molecular weight excluding hydrogens is 775 g/mol. The van der Waals surface area contributed by atoms with Crippen LogP contribution >= 0.6 is 0 Å². The van der Waals surface area contributed by atoms with Gasteiger partial charge in [0.15, 0.2) is 5.58 Å². The largest absolute Gasteiger partial charge is 0.454 e. The van der Waals surface area contributed by atoms with E-state index in [1.165, 1.54) is 76.3 Å². The summed E-state index contributed by atoms with van der Waals surface area (Å²) in [5.41, 5.74) is 12.1. The Kier molecular flexibility index (Phi) is 8.25. The maximum atomic E-state index is 6.92. The van der Waals surface area contributed by atoms with E-state index in [2.05, 4.69) is 241 Å². The Morgan fingerprint density at radius 3 is 1.53 bits per heavy atom. The first-order chi connectivity index (χ1) is 31.7. The summed E-state index contributed by atoms with van der Waals surface area (Å²) < 4.78 is 6.92. The monoisotopic (exact) mass is 813 g/mol. The minimum absolute atomic E-state index is 0.859. The Labute approximate surface area is 370 Å². The Hall–Kier alpha value is -8.46. The summed E-state index contributed by atoms with van der Waals surface area (Å²) in [6.07, 6.45) is 0. The summed E-state index contributed by atoms with van der Waals surface area (Å²) in [5.74, 6) is 0. The summed E-state index contributed by atoms with van der Waals surface area (Å²) >= 11 is 0. The van der Waals surface area contributed by atoms with Gasteiger partial charge in [-0.05, 0) is 130 Å². The molecule has 0 N–H and O–H groups in total. The van der Waals surface area contributed by atoms with Gasteiger partial charge in [-0.15, -0.1) is 0 Å². The second-order valence-electron chi connectivity index (χ2n) is 16.8. The molecule has 0 unspecified atom stereocenters. The van der Waals surface area contributed by atoms with Crippen LogP contribution in [0.25, 0.3) is 109 Å². The van der Waals surface area contributed by atoms with E-state index in [9.17, 15) is 0 Å². The van der Waals surface area contributed by atoms with E-state index in [1.54, 1.807) is 0 Å². The van der Waals surface area contributed by atoms with Crippen LogP contribution in [0.5, 0.6) is 0 Å². The van der Waals surface area contributed by atoms with Crippen molar-refractivity contribution in [1.29, 1.82) is 0 Å². The first-order valence-corrected chi connectivity index (χ1v) is 22.0. The molecule has 0 aliphatic heterocycles. The van der Waals surface area contributed by atoms with Crippen molar-refractivity contribution in [3.63, 3.8) is 0 Å². The zero-order valence-corrected chi connectivity index (χ0v) is 34.9. The molecule has 2 heteroatoms. The average Bonchev–Trinajstić information content (AvgIpc) is 3.76. The molecule has 0 radical (unpaired) electrons. The molecule has 0 saturated carbocycles. The van der Waals surface area contributed by atoms with E-state index >= 15 is 0 Å². The SMILES string of the molecule is c1ccc2cc(-c3ccc4cc(-c5ccc(N(c6ccc(-c7cccc8ccccc78)c7ccccc67)c6cccc7c6oc6ccc8ccccc8c67)cc5)ccc4c3)ccc2c1. The van der Waals surface area contributed by atoms with Crippen molar-refractivity contribution in [2.45, 2.75) is 0 Å². The van der Waals surface area contributed by atoms with Crippen molar-refractivity contribution >= 4 is 92.9 Å². The van der Waals surface area contributed by atoms with E-state index in [0.29, 0.717) is 0 Å². The van der Waals surface area contributed by atoms with E-state index in [-0.39, 0.29) is 0 Å². The molecule has 64 heavy (non-hydrogen) atoms. The number of hydrogen-bond donors (Lipinski definition) is 0. The van der Waals surface area contributed by atoms with Crippen LogP contribution in [0, 0.1) is 0 Å². The Morgan fingerprint density at radius 2 is 0.781 bits per heavy atom. The van der Waals surface area contributed by atoms with Gasteiger partial charge in [0, 0.05) is 21.8 Å². The Balaban J connectivity index is 0.955. The quantitative estimate of drug-likeness (QED) is 0.166. The van der Waals surface area contributed by atoms with Gasteiger partial charge < -0.3 is 9.32 Å². The van der Waals surface area contributed by atoms with Gasteiger partial charge in [-0.2, -0.15) is 0 Å². The van der Waals surface area contributed by atoms with Gasteiger partial charge in [0.2, 0.25) is 0 Å². The summed E-state index contributed by atoms with van der Waals surface area (Å²) in [5, 5.41) is 14.4. The molecule has 2 nitrogen and oxygen atoms in total. The van der Waals surface area contributed by atoms with Crippen LogP contribution in [0.15, 0.2) is 241 Å². The topological polar surface area (TPSA) is 16.4 Å². The molecule has 12 aromatic carbocycles. The molecule has 0 aliphatic rings. The number of anilines is 3. The van der Waals surface area contributed by atoms with Gasteiger partial charge in [0.25, 0.3) is 0 Å². The molecule has 0 saturated heterocycles. The second kappa shape index (κ2) is 14.6. The lowest BCUT2D eigenvalue weighted by atomic mass is 9.93. The van der Waals surface area contributed by atoms with Crippen LogP contribution in [0.1, 0.15) is 0 Å². The van der Waals surface area contributed by atoms with Gasteiger partial charge in [-0.3, -0.25) is 0 Å². The number of para-hydroxylation sites is 1. The summed E-state index contributed by atoms with van der Waals surface area (Å²) in [6.45, 7) is 0. The molecule has 1 aromatic heterocycles. The summed E-state index contributed by atoms with van der Waals surface area (Å²) in [7, 11) is 0. The van der Waals surface area contributed by atoms with Crippen LogP contribution in [-0.4, -0.2) is 0 Å². The van der Waals surface area contributed by atoms with Gasteiger partial charge in [-0.1, -0.05) is 188 Å². The predicted octanol–water partition coefficient (Wildman–Crippen LogP) is 17.8. The number of rotatable bonds is 6. The van der Waals surface area contributed by atoms with Crippen molar-refractivity contribution in [1.82, 2.24) is 0 Å². The van der Waals surface area contributed by atoms with E-state index in [0.717, 1.165) is 50.0 Å². The molecule has 13 aromatic rings. The fourth-order valence-electron chi connectivity index (χ4n) is 10.1. The number of nitrogens with zero attached hydrogens (tertiary/aromatic N) is 1. The fraction of sp³-hybridized carbons (Fsp3) is 0. The highest BCUT2D eigenvalue weighted by atomic mass is 16.3. The molecule has 0 amide bonds. The van der Waals surface area contributed by atoms with Gasteiger partial charge in [0.1, 0.15) is 5.58 Å². The highest BCUT2D eigenvalue weighted by Gasteiger charge is 2.23. The Bertz CT molecular complexity index is 3960. The van der Waals surface area contributed by atoms with Crippen LogP contribution in [0.2, 0.25) is 0 Å². The Morgan fingerprint density at radius 1 is 0.281 bits per heavy atom. The lowest BCUT2D eigenvalue weighted by Crippen LogP contribution is -2.11. The fourth-order valence-corrected chi connectivity index (χ4v) is 10.1. The molecule has 13 rings (SSSR count). The summed E-state index contributed by atoms with van der Waals surface area (Å²) in [6, 6.07) is 86.0. The predicted molar refractivity (Wildman–Crippen MR) is 272 cm³/mol. The molecule has 0 spiro atoms. The molecule has 0 bridgehead atoms. The van der Waals surface area contributed by atoms with Crippen LogP contribution < -0.4 is 4.90 Å².